The number of ketones is 1. The second-order valence-electron chi connectivity index (χ2n) is 6.49. The van der Waals surface area contributed by atoms with Crippen molar-refractivity contribution in [3.8, 4) is 0 Å². The van der Waals surface area contributed by atoms with Crippen LogP contribution in [0.15, 0.2) is 48.7 Å². The van der Waals surface area contributed by atoms with E-state index >= 15 is 0 Å². The molecule has 0 atom stereocenters. The Morgan fingerprint density at radius 2 is 1.69 bits per heavy atom. The molecule has 0 aliphatic carbocycles. The van der Waals surface area contributed by atoms with Crippen LogP contribution in [0, 0.1) is 5.82 Å². The Hall–Kier alpha value is -1.94. The van der Waals surface area contributed by atoms with Gasteiger partial charge in [-0.15, -0.1) is 11.3 Å². The maximum absolute atomic E-state index is 12.8. The van der Waals surface area contributed by atoms with Crippen molar-refractivity contribution >= 4 is 22.8 Å². The normalized spacial score (nSPS) is 11.2. The van der Waals surface area contributed by atoms with Gasteiger partial charge in [-0.05, 0) is 49.2 Å². The Labute approximate surface area is 160 Å². The molecule has 0 radical (unpaired) electrons. The van der Waals surface area contributed by atoms with E-state index in [1.165, 1.54) is 68.0 Å². The second kappa shape index (κ2) is 11.6. The molecule has 0 unspecified atom stereocenters. The third-order valence-corrected chi connectivity index (χ3v) is 5.42. The van der Waals surface area contributed by atoms with Gasteiger partial charge in [-0.1, -0.05) is 45.4 Å². The summed E-state index contributed by atoms with van der Waals surface area (Å²) in [6.07, 6.45) is 13.3. The van der Waals surface area contributed by atoms with Gasteiger partial charge >= 0.3 is 0 Å². The maximum atomic E-state index is 12.8. The van der Waals surface area contributed by atoms with E-state index in [0.29, 0.717) is 0 Å². The molecule has 4 heteroatoms. The predicted octanol–water partition coefficient (Wildman–Crippen LogP) is 6.99. The van der Waals surface area contributed by atoms with Crippen LogP contribution in [0.2, 0.25) is 0 Å². The molecule has 0 amide bonds. The number of halogens is 1. The number of hydrogen-bond donors (Lipinski definition) is 1. The average Bonchev–Trinajstić information content (AvgIpc) is 3.11. The number of rotatable bonds is 12. The van der Waals surface area contributed by atoms with Gasteiger partial charge in [-0.3, -0.25) is 4.79 Å². The Morgan fingerprint density at radius 1 is 1.00 bits per heavy atom. The summed E-state index contributed by atoms with van der Waals surface area (Å²) in [4.78, 5) is 14.2. The quantitative estimate of drug-likeness (QED) is 0.247. The minimum absolute atomic E-state index is 0.00423. The topological polar surface area (TPSA) is 29.1 Å². The van der Waals surface area contributed by atoms with Crippen LogP contribution in [-0.2, 0) is 6.42 Å². The van der Waals surface area contributed by atoms with E-state index < -0.39 is 0 Å². The van der Waals surface area contributed by atoms with Gasteiger partial charge < -0.3 is 5.32 Å². The zero-order valence-electron chi connectivity index (χ0n) is 15.5. The van der Waals surface area contributed by atoms with Crippen LogP contribution in [0.1, 0.15) is 66.4 Å². The highest BCUT2D eigenvalue weighted by Crippen LogP contribution is 2.20. The Morgan fingerprint density at radius 3 is 2.42 bits per heavy atom. The zero-order valence-corrected chi connectivity index (χ0v) is 16.3. The smallest absolute Gasteiger partial charge is 0.197 e. The number of thiophene rings is 1. The number of hydrogen-bond acceptors (Lipinski definition) is 3. The minimum atomic E-state index is -0.275. The Balaban J connectivity index is 1.69. The van der Waals surface area contributed by atoms with Gasteiger partial charge in [0.2, 0.25) is 0 Å². The van der Waals surface area contributed by atoms with Gasteiger partial charge in [0.1, 0.15) is 5.82 Å². The molecule has 0 aliphatic rings. The number of carbonyl (C=O) groups is 1. The summed E-state index contributed by atoms with van der Waals surface area (Å²) in [6, 6.07) is 10.0. The highest BCUT2D eigenvalue weighted by Gasteiger charge is 2.06. The number of anilines is 1. The molecule has 0 fully saturated rings. The van der Waals surface area contributed by atoms with E-state index in [1.807, 2.05) is 6.07 Å². The zero-order chi connectivity index (χ0) is 18.6. The molecule has 2 nitrogen and oxygen atoms in total. The van der Waals surface area contributed by atoms with Crippen LogP contribution >= 0.6 is 11.3 Å². The van der Waals surface area contributed by atoms with Crippen molar-refractivity contribution in [2.45, 2.75) is 58.3 Å². The number of unbranched alkanes of at least 4 members (excludes halogenated alkanes) is 6. The van der Waals surface area contributed by atoms with Gasteiger partial charge in [0.25, 0.3) is 0 Å². The van der Waals surface area contributed by atoms with Gasteiger partial charge in [-0.25, -0.2) is 4.39 Å². The van der Waals surface area contributed by atoms with E-state index in [1.54, 1.807) is 29.7 Å². The summed E-state index contributed by atoms with van der Waals surface area (Å²) < 4.78 is 12.8. The monoisotopic (exact) mass is 373 g/mol. The van der Waals surface area contributed by atoms with E-state index in [0.717, 1.165) is 17.0 Å². The first-order valence-corrected chi connectivity index (χ1v) is 10.3. The molecular weight excluding hydrogens is 345 g/mol. The minimum Gasteiger partial charge on any atom is -0.362 e. The first kappa shape index (κ1) is 20.4. The summed E-state index contributed by atoms with van der Waals surface area (Å²) in [6.45, 7) is 2.24. The standard InChI is InChI=1S/C22H28FNOS/c1-2-3-4-5-6-7-8-9-20-14-15-22(26-20)21(25)16-17-24-19-12-10-18(23)11-13-19/h10-17,24H,2-9H2,1H3/b17-16-. The third-order valence-electron chi connectivity index (χ3n) is 4.26. The first-order valence-electron chi connectivity index (χ1n) is 9.50. The van der Waals surface area contributed by atoms with Crippen LogP contribution in [0.3, 0.4) is 0 Å². The Bertz CT molecular complexity index is 690. The fourth-order valence-electron chi connectivity index (χ4n) is 2.74. The summed E-state index contributed by atoms with van der Waals surface area (Å²) >= 11 is 1.58. The predicted molar refractivity (Wildman–Crippen MR) is 110 cm³/mol. The molecule has 0 bridgehead atoms. The van der Waals surface area contributed by atoms with E-state index in [4.69, 9.17) is 0 Å². The lowest BCUT2D eigenvalue weighted by Gasteiger charge is -2.00. The molecule has 2 aromatic rings. The average molecular weight is 374 g/mol. The fourth-order valence-corrected chi connectivity index (χ4v) is 3.71. The molecule has 0 saturated heterocycles. The SMILES string of the molecule is CCCCCCCCCc1ccc(C(=O)/C=C\Nc2ccc(F)cc2)s1. The molecule has 140 valence electrons. The number of aryl methyl sites for hydroxylation is 1. The second-order valence-corrected chi connectivity index (χ2v) is 7.65. The lowest BCUT2D eigenvalue weighted by molar-refractivity contribution is 0.105. The van der Waals surface area contributed by atoms with Crippen molar-refractivity contribution in [2.75, 3.05) is 5.32 Å². The van der Waals surface area contributed by atoms with E-state index in [2.05, 4.69) is 18.3 Å². The van der Waals surface area contributed by atoms with Crippen molar-refractivity contribution in [1.82, 2.24) is 0 Å². The number of carbonyl (C=O) groups excluding carboxylic acids is 1. The first-order chi connectivity index (χ1) is 12.7. The largest absolute Gasteiger partial charge is 0.362 e. The van der Waals surface area contributed by atoms with Gasteiger partial charge in [0.15, 0.2) is 5.78 Å². The molecule has 0 saturated carbocycles. The number of allylic oxidation sites excluding steroid dienone is 1. The third kappa shape index (κ3) is 7.52. The van der Waals surface area contributed by atoms with E-state index in [9.17, 15) is 9.18 Å². The van der Waals surface area contributed by atoms with Crippen LogP contribution in [0.25, 0.3) is 0 Å². The molecule has 1 heterocycles. The van der Waals surface area contributed by atoms with Crippen LogP contribution in [0.5, 0.6) is 0 Å². The van der Waals surface area contributed by atoms with Crippen molar-refractivity contribution in [2.24, 2.45) is 0 Å². The molecular formula is C22H28FNOS. The molecule has 1 aromatic carbocycles. The van der Waals surface area contributed by atoms with Crippen molar-refractivity contribution < 1.29 is 9.18 Å². The van der Waals surface area contributed by atoms with Gasteiger partial charge in [-0.2, -0.15) is 0 Å². The van der Waals surface area contributed by atoms with Crippen molar-refractivity contribution in [3.63, 3.8) is 0 Å². The summed E-state index contributed by atoms with van der Waals surface area (Å²) in [5.41, 5.74) is 0.751. The summed E-state index contributed by atoms with van der Waals surface area (Å²) in [7, 11) is 0. The fraction of sp³-hybridized carbons (Fsp3) is 0.409. The van der Waals surface area contributed by atoms with Crippen molar-refractivity contribution in [3.05, 3.63) is 64.2 Å². The molecule has 1 aromatic heterocycles. The van der Waals surface area contributed by atoms with Gasteiger partial charge in [0, 0.05) is 22.8 Å². The lowest BCUT2D eigenvalue weighted by atomic mass is 10.1. The van der Waals surface area contributed by atoms with E-state index in [-0.39, 0.29) is 11.6 Å². The number of nitrogens with one attached hydrogen (secondary N) is 1. The number of benzene rings is 1. The highest BCUT2D eigenvalue weighted by molar-refractivity contribution is 7.14. The molecule has 2 rings (SSSR count). The van der Waals surface area contributed by atoms with Crippen molar-refractivity contribution in [1.29, 1.82) is 0 Å². The molecule has 0 aliphatic heterocycles. The molecule has 26 heavy (non-hydrogen) atoms. The summed E-state index contributed by atoms with van der Waals surface area (Å²) in [5.74, 6) is -0.280. The van der Waals surface area contributed by atoms with Gasteiger partial charge in [0.05, 0.1) is 4.88 Å². The molecule has 0 spiro atoms. The molecule has 1 N–H and O–H groups in total. The lowest BCUT2D eigenvalue weighted by Crippen LogP contribution is -1.93. The Kier molecular flexibility index (Phi) is 9.11. The van der Waals surface area contributed by atoms with Crippen LogP contribution < -0.4 is 5.32 Å². The summed E-state index contributed by atoms with van der Waals surface area (Å²) in [5, 5.41) is 2.98. The van der Waals surface area contributed by atoms with Crippen LogP contribution in [-0.4, -0.2) is 5.78 Å². The van der Waals surface area contributed by atoms with Crippen LogP contribution in [0.4, 0.5) is 10.1 Å². The maximum Gasteiger partial charge on any atom is 0.197 e. The highest BCUT2D eigenvalue weighted by atomic mass is 32.1.